The van der Waals surface area contributed by atoms with Crippen LogP contribution in [0.4, 0.5) is 5.00 Å². The number of nitrogens with two attached hydrogens (primary N) is 1. The van der Waals surface area contributed by atoms with E-state index in [1.165, 1.54) is 11.3 Å². The second-order valence-corrected chi connectivity index (χ2v) is 6.13. The SMILES string of the molecule is Cc1cc(N)sc1-c1nc(-c2cc(C)c(O)c(C)c2)no1. The number of phenolic OH excluding ortho intramolecular Hbond substituents is 1. The largest absolute Gasteiger partial charge is 0.507 e. The van der Waals surface area contributed by atoms with Gasteiger partial charge in [-0.2, -0.15) is 4.98 Å². The molecule has 3 aromatic rings. The monoisotopic (exact) mass is 301 g/mol. The molecule has 0 fully saturated rings. The van der Waals surface area contributed by atoms with Gasteiger partial charge in [0.2, 0.25) is 5.82 Å². The number of rotatable bonds is 2. The summed E-state index contributed by atoms with van der Waals surface area (Å²) in [6.45, 7) is 5.65. The van der Waals surface area contributed by atoms with Gasteiger partial charge in [0.15, 0.2) is 0 Å². The summed E-state index contributed by atoms with van der Waals surface area (Å²) in [4.78, 5) is 5.32. The van der Waals surface area contributed by atoms with E-state index in [1.807, 2.05) is 39.0 Å². The van der Waals surface area contributed by atoms with E-state index >= 15 is 0 Å². The van der Waals surface area contributed by atoms with E-state index in [9.17, 15) is 5.11 Å². The minimum Gasteiger partial charge on any atom is -0.507 e. The van der Waals surface area contributed by atoms with Crippen molar-refractivity contribution in [1.82, 2.24) is 10.1 Å². The fourth-order valence-corrected chi connectivity index (χ4v) is 3.10. The van der Waals surface area contributed by atoms with Crippen molar-refractivity contribution in [3.8, 4) is 27.9 Å². The lowest BCUT2D eigenvalue weighted by atomic mass is 10.1. The van der Waals surface area contributed by atoms with Crippen LogP contribution in [0.25, 0.3) is 22.2 Å². The van der Waals surface area contributed by atoms with Crippen molar-refractivity contribution < 1.29 is 9.63 Å². The maximum absolute atomic E-state index is 9.82. The van der Waals surface area contributed by atoms with E-state index < -0.39 is 0 Å². The van der Waals surface area contributed by atoms with Gasteiger partial charge in [0.1, 0.15) is 5.75 Å². The van der Waals surface area contributed by atoms with Crippen LogP contribution in [0.2, 0.25) is 0 Å². The molecular formula is C15H15N3O2S. The Hall–Kier alpha value is -2.34. The second kappa shape index (κ2) is 4.89. The third kappa shape index (κ3) is 2.38. The van der Waals surface area contributed by atoms with Gasteiger partial charge in [0.05, 0.1) is 9.88 Å². The molecule has 0 amide bonds. The number of hydrogen-bond acceptors (Lipinski definition) is 6. The zero-order valence-electron chi connectivity index (χ0n) is 12.0. The molecule has 0 radical (unpaired) electrons. The van der Waals surface area contributed by atoms with Gasteiger partial charge in [-0.05, 0) is 55.7 Å². The average Bonchev–Trinajstić information content (AvgIpc) is 3.02. The Balaban J connectivity index is 2.04. The molecule has 3 N–H and O–H groups in total. The van der Waals surface area contributed by atoms with Crippen LogP contribution in [0.15, 0.2) is 22.7 Å². The van der Waals surface area contributed by atoms with Gasteiger partial charge in [-0.25, -0.2) is 0 Å². The second-order valence-electron chi connectivity index (χ2n) is 5.04. The van der Waals surface area contributed by atoms with Crippen LogP contribution in [0.1, 0.15) is 16.7 Å². The molecule has 0 aliphatic rings. The van der Waals surface area contributed by atoms with Crippen LogP contribution in [-0.2, 0) is 0 Å². The molecule has 2 heterocycles. The van der Waals surface area contributed by atoms with Crippen LogP contribution in [0.3, 0.4) is 0 Å². The average molecular weight is 301 g/mol. The third-order valence-corrected chi connectivity index (χ3v) is 4.36. The molecule has 0 spiro atoms. The topological polar surface area (TPSA) is 85.2 Å². The van der Waals surface area contributed by atoms with Gasteiger partial charge in [0, 0.05) is 5.56 Å². The third-order valence-electron chi connectivity index (χ3n) is 3.31. The summed E-state index contributed by atoms with van der Waals surface area (Å²) >= 11 is 1.43. The van der Waals surface area contributed by atoms with E-state index in [-0.39, 0.29) is 0 Å². The Morgan fingerprint density at radius 2 is 1.76 bits per heavy atom. The quantitative estimate of drug-likeness (QED) is 0.754. The summed E-state index contributed by atoms with van der Waals surface area (Å²) in [6.07, 6.45) is 0. The number of aromatic hydroxyl groups is 1. The van der Waals surface area contributed by atoms with Crippen LogP contribution in [-0.4, -0.2) is 15.2 Å². The molecule has 0 saturated carbocycles. The van der Waals surface area contributed by atoms with Crippen LogP contribution < -0.4 is 5.73 Å². The van der Waals surface area contributed by atoms with Crippen molar-refractivity contribution in [2.75, 3.05) is 5.73 Å². The fourth-order valence-electron chi connectivity index (χ4n) is 2.24. The van der Waals surface area contributed by atoms with Gasteiger partial charge >= 0.3 is 0 Å². The Kier molecular flexibility index (Phi) is 3.17. The van der Waals surface area contributed by atoms with Gasteiger partial charge in [-0.15, -0.1) is 11.3 Å². The molecule has 6 heteroatoms. The molecule has 3 rings (SSSR count). The van der Waals surface area contributed by atoms with Gasteiger partial charge in [-0.1, -0.05) is 5.16 Å². The fraction of sp³-hybridized carbons (Fsp3) is 0.200. The highest BCUT2D eigenvalue weighted by molar-refractivity contribution is 7.19. The van der Waals surface area contributed by atoms with E-state index in [2.05, 4.69) is 10.1 Å². The van der Waals surface area contributed by atoms with Crippen LogP contribution in [0, 0.1) is 20.8 Å². The Labute approximate surface area is 126 Å². The highest BCUT2D eigenvalue weighted by Gasteiger charge is 2.16. The molecule has 0 atom stereocenters. The summed E-state index contributed by atoms with van der Waals surface area (Å²) in [5.41, 5.74) is 9.20. The van der Waals surface area contributed by atoms with Crippen molar-refractivity contribution in [3.63, 3.8) is 0 Å². The van der Waals surface area contributed by atoms with Crippen molar-refractivity contribution in [3.05, 3.63) is 34.9 Å². The number of aryl methyl sites for hydroxylation is 3. The molecule has 0 bridgehead atoms. The molecule has 1 aromatic carbocycles. The van der Waals surface area contributed by atoms with E-state index in [4.69, 9.17) is 10.3 Å². The van der Waals surface area contributed by atoms with E-state index in [0.717, 1.165) is 32.1 Å². The zero-order valence-corrected chi connectivity index (χ0v) is 12.8. The zero-order chi connectivity index (χ0) is 15.1. The van der Waals surface area contributed by atoms with Crippen molar-refractivity contribution in [2.45, 2.75) is 20.8 Å². The Morgan fingerprint density at radius 1 is 1.10 bits per heavy atom. The van der Waals surface area contributed by atoms with E-state index in [1.54, 1.807) is 0 Å². The lowest BCUT2D eigenvalue weighted by Gasteiger charge is -2.04. The first kappa shape index (κ1) is 13.6. The summed E-state index contributed by atoms with van der Waals surface area (Å²) in [5.74, 6) is 1.26. The number of thiophene rings is 1. The van der Waals surface area contributed by atoms with Gasteiger partial charge < -0.3 is 15.4 Å². The molecule has 0 aliphatic heterocycles. The summed E-state index contributed by atoms with van der Waals surface area (Å²) in [7, 11) is 0. The molecule has 108 valence electrons. The summed E-state index contributed by atoms with van der Waals surface area (Å²) in [5, 5.41) is 14.6. The number of nitrogens with zero attached hydrogens (tertiary/aromatic N) is 2. The number of aromatic nitrogens is 2. The first-order valence-corrected chi connectivity index (χ1v) is 7.28. The van der Waals surface area contributed by atoms with E-state index in [0.29, 0.717) is 17.5 Å². The number of phenols is 1. The first-order valence-electron chi connectivity index (χ1n) is 6.46. The summed E-state index contributed by atoms with van der Waals surface area (Å²) < 4.78 is 5.34. The van der Waals surface area contributed by atoms with Gasteiger partial charge in [-0.3, -0.25) is 0 Å². The predicted octanol–water partition coefficient (Wildman–Crippen LogP) is 3.68. The molecular weight excluding hydrogens is 286 g/mol. The summed E-state index contributed by atoms with van der Waals surface area (Å²) in [6, 6.07) is 5.57. The molecule has 2 aromatic heterocycles. The molecule has 0 aliphatic carbocycles. The first-order chi connectivity index (χ1) is 9.95. The minimum absolute atomic E-state index is 0.296. The van der Waals surface area contributed by atoms with Gasteiger partial charge in [0.25, 0.3) is 5.89 Å². The predicted molar refractivity (Wildman–Crippen MR) is 83.3 cm³/mol. The number of nitrogen functional groups attached to an aromatic ring is 1. The molecule has 5 nitrogen and oxygen atoms in total. The molecule has 21 heavy (non-hydrogen) atoms. The molecule has 0 unspecified atom stereocenters. The van der Waals surface area contributed by atoms with Crippen molar-refractivity contribution >= 4 is 16.3 Å². The Morgan fingerprint density at radius 3 is 2.33 bits per heavy atom. The standard InChI is InChI=1S/C15H15N3O2S/c1-7-4-10(5-8(2)12(7)19)14-17-15(20-18-14)13-9(3)6-11(16)21-13/h4-6,19H,16H2,1-3H3. The maximum atomic E-state index is 9.82. The minimum atomic E-state index is 0.296. The highest BCUT2D eigenvalue weighted by Crippen LogP contribution is 2.34. The van der Waals surface area contributed by atoms with Crippen LogP contribution in [0.5, 0.6) is 5.75 Å². The smallest absolute Gasteiger partial charge is 0.268 e. The number of anilines is 1. The number of benzene rings is 1. The highest BCUT2D eigenvalue weighted by atomic mass is 32.1. The maximum Gasteiger partial charge on any atom is 0.268 e. The number of hydrogen-bond donors (Lipinski definition) is 2. The van der Waals surface area contributed by atoms with Crippen LogP contribution >= 0.6 is 11.3 Å². The van der Waals surface area contributed by atoms with Crippen molar-refractivity contribution in [1.29, 1.82) is 0 Å². The lowest BCUT2D eigenvalue weighted by Crippen LogP contribution is -1.86. The Bertz CT molecular complexity index is 797. The van der Waals surface area contributed by atoms with Crippen molar-refractivity contribution in [2.24, 2.45) is 0 Å². The molecule has 0 saturated heterocycles. The lowest BCUT2D eigenvalue weighted by molar-refractivity contribution is 0.433. The normalized spacial score (nSPS) is 11.0.